The fourth-order valence-corrected chi connectivity index (χ4v) is 1.37. The third-order valence-corrected chi connectivity index (χ3v) is 2.04. The molecule has 0 bridgehead atoms. The summed E-state index contributed by atoms with van der Waals surface area (Å²) in [5, 5.41) is 2.11. The monoisotopic (exact) mass is 220 g/mol. The van der Waals surface area contributed by atoms with Crippen molar-refractivity contribution in [2.24, 2.45) is 0 Å². The van der Waals surface area contributed by atoms with Gasteiger partial charge in [-0.3, -0.25) is 19.7 Å². The molecule has 82 valence electrons. The second-order valence-corrected chi connectivity index (χ2v) is 3.26. The van der Waals surface area contributed by atoms with Crippen molar-refractivity contribution in [2.45, 2.75) is 0 Å². The first-order chi connectivity index (χ1) is 7.66. The minimum atomic E-state index is -0.485. The van der Waals surface area contributed by atoms with Crippen LogP contribution in [0.25, 0.3) is 0 Å². The normalized spacial score (nSPS) is 15.9. The minimum absolute atomic E-state index is 0.126. The van der Waals surface area contributed by atoms with Crippen molar-refractivity contribution in [1.82, 2.24) is 20.2 Å². The summed E-state index contributed by atoms with van der Waals surface area (Å²) in [6, 6.07) is 0. The largest absolute Gasteiger partial charge is 0.320 e. The molecule has 0 spiro atoms. The van der Waals surface area contributed by atoms with E-state index in [2.05, 4.69) is 15.3 Å². The van der Waals surface area contributed by atoms with Gasteiger partial charge in [0.05, 0.1) is 5.56 Å². The van der Waals surface area contributed by atoms with Crippen LogP contribution in [0.1, 0.15) is 10.4 Å². The van der Waals surface area contributed by atoms with Gasteiger partial charge < -0.3 is 4.90 Å². The molecule has 7 nitrogen and oxygen atoms in total. The van der Waals surface area contributed by atoms with Gasteiger partial charge in [-0.2, -0.15) is 0 Å². The van der Waals surface area contributed by atoms with Gasteiger partial charge in [0.25, 0.3) is 5.91 Å². The van der Waals surface area contributed by atoms with Crippen molar-refractivity contribution in [1.29, 1.82) is 0 Å². The Morgan fingerprint density at radius 3 is 2.31 bits per heavy atom. The summed E-state index contributed by atoms with van der Waals surface area (Å²) in [6.45, 7) is -0.251. The lowest BCUT2D eigenvalue weighted by Crippen LogP contribution is -2.53. The van der Waals surface area contributed by atoms with Crippen LogP contribution in [0.2, 0.25) is 0 Å². The predicted octanol–water partition coefficient (Wildman–Crippen LogP) is -1.42. The fraction of sp³-hybridized carbons (Fsp3) is 0.222. The smallest absolute Gasteiger partial charge is 0.257 e. The number of nitrogens with one attached hydrogen (secondary N) is 1. The Bertz CT molecular complexity index is 429. The van der Waals surface area contributed by atoms with E-state index in [0.29, 0.717) is 0 Å². The van der Waals surface area contributed by atoms with Crippen LogP contribution in [0.5, 0.6) is 0 Å². The maximum absolute atomic E-state index is 11.8. The second-order valence-electron chi connectivity index (χ2n) is 3.26. The molecular formula is C9H8N4O3. The molecule has 2 rings (SSSR count). The molecule has 1 aliphatic heterocycles. The quantitative estimate of drug-likeness (QED) is 0.586. The van der Waals surface area contributed by atoms with Crippen LogP contribution in [-0.4, -0.2) is 45.7 Å². The number of rotatable bonds is 1. The van der Waals surface area contributed by atoms with Crippen molar-refractivity contribution in [2.75, 3.05) is 13.1 Å². The Hall–Kier alpha value is -2.31. The highest BCUT2D eigenvalue weighted by Crippen LogP contribution is 2.03. The Kier molecular flexibility index (Phi) is 2.59. The van der Waals surface area contributed by atoms with Crippen molar-refractivity contribution in [3.05, 3.63) is 24.3 Å². The minimum Gasteiger partial charge on any atom is -0.320 e. The molecule has 1 saturated heterocycles. The van der Waals surface area contributed by atoms with Gasteiger partial charge >= 0.3 is 0 Å². The maximum Gasteiger partial charge on any atom is 0.257 e. The molecular weight excluding hydrogens is 212 g/mol. The molecule has 1 fully saturated rings. The number of hydrogen-bond acceptors (Lipinski definition) is 5. The second kappa shape index (κ2) is 4.05. The van der Waals surface area contributed by atoms with Crippen molar-refractivity contribution in [3.8, 4) is 0 Å². The molecule has 1 N–H and O–H groups in total. The van der Waals surface area contributed by atoms with E-state index in [1.165, 1.54) is 18.7 Å². The Morgan fingerprint density at radius 2 is 1.75 bits per heavy atom. The van der Waals surface area contributed by atoms with Crippen molar-refractivity contribution in [3.63, 3.8) is 0 Å². The standard InChI is InChI=1S/C9H8N4O3/c14-7-3-13(4-8(15)12-7)9(16)6-1-10-5-11-2-6/h1-2,5H,3-4H2,(H,12,14,15). The number of piperazine rings is 1. The van der Waals surface area contributed by atoms with E-state index in [0.717, 1.165) is 4.90 Å². The highest BCUT2D eigenvalue weighted by atomic mass is 16.2. The number of imide groups is 1. The average molecular weight is 220 g/mol. The van der Waals surface area contributed by atoms with E-state index < -0.39 is 17.7 Å². The van der Waals surface area contributed by atoms with E-state index in [9.17, 15) is 14.4 Å². The van der Waals surface area contributed by atoms with E-state index in [1.54, 1.807) is 0 Å². The zero-order valence-electron chi connectivity index (χ0n) is 8.21. The number of carbonyl (C=O) groups is 3. The Labute approximate surface area is 90.5 Å². The van der Waals surface area contributed by atoms with Crippen LogP contribution in [0, 0.1) is 0 Å². The van der Waals surface area contributed by atoms with Gasteiger partial charge in [0.1, 0.15) is 19.4 Å². The van der Waals surface area contributed by atoms with Crippen LogP contribution in [0.3, 0.4) is 0 Å². The van der Waals surface area contributed by atoms with Crippen molar-refractivity contribution < 1.29 is 14.4 Å². The summed E-state index contributed by atoms with van der Waals surface area (Å²) < 4.78 is 0. The van der Waals surface area contributed by atoms with E-state index >= 15 is 0 Å². The van der Waals surface area contributed by atoms with Crippen LogP contribution < -0.4 is 5.32 Å². The molecule has 1 aliphatic rings. The SMILES string of the molecule is O=C1CN(C(=O)c2cncnc2)CC(=O)N1. The fourth-order valence-electron chi connectivity index (χ4n) is 1.37. The lowest BCUT2D eigenvalue weighted by molar-refractivity contribution is -0.135. The number of carbonyl (C=O) groups excluding carboxylic acids is 3. The Balaban J connectivity index is 2.16. The number of nitrogens with zero attached hydrogens (tertiary/aromatic N) is 3. The molecule has 1 aromatic heterocycles. The van der Waals surface area contributed by atoms with Gasteiger partial charge in [0.15, 0.2) is 0 Å². The van der Waals surface area contributed by atoms with Gasteiger partial charge in [0, 0.05) is 12.4 Å². The topological polar surface area (TPSA) is 92.3 Å². The number of hydrogen-bond donors (Lipinski definition) is 1. The molecule has 0 aliphatic carbocycles. The molecule has 16 heavy (non-hydrogen) atoms. The van der Waals surface area contributed by atoms with Crippen LogP contribution in [0.4, 0.5) is 0 Å². The van der Waals surface area contributed by atoms with Crippen LogP contribution >= 0.6 is 0 Å². The van der Waals surface area contributed by atoms with E-state index in [1.807, 2.05) is 0 Å². The molecule has 0 radical (unpaired) electrons. The lowest BCUT2D eigenvalue weighted by atomic mass is 10.2. The van der Waals surface area contributed by atoms with Crippen LogP contribution in [0.15, 0.2) is 18.7 Å². The molecule has 1 aromatic rings. The molecule has 0 aromatic carbocycles. The molecule has 0 saturated carbocycles. The molecule has 0 unspecified atom stereocenters. The van der Waals surface area contributed by atoms with Crippen LogP contribution in [-0.2, 0) is 9.59 Å². The first-order valence-electron chi connectivity index (χ1n) is 4.54. The summed E-state index contributed by atoms with van der Waals surface area (Å²) >= 11 is 0. The average Bonchev–Trinajstić information content (AvgIpc) is 2.28. The first kappa shape index (κ1) is 10.2. The zero-order valence-corrected chi connectivity index (χ0v) is 8.21. The number of aromatic nitrogens is 2. The number of amides is 3. The van der Waals surface area contributed by atoms with Gasteiger partial charge in [-0.1, -0.05) is 0 Å². The molecule has 2 heterocycles. The zero-order chi connectivity index (χ0) is 11.5. The third-order valence-electron chi connectivity index (χ3n) is 2.04. The van der Waals surface area contributed by atoms with Gasteiger partial charge in [0.2, 0.25) is 11.8 Å². The lowest BCUT2D eigenvalue weighted by Gasteiger charge is -2.25. The Morgan fingerprint density at radius 1 is 1.19 bits per heavy atom. The highest BCUT2D eigenvalue weighted by molar-refractivity contribution is 6.05. The summed E-state index contributed by atoms with van der Waals surface area (Å²) in [5.74, 6) is -1.40. The summed E-state index contributed by atoms with van der Waals surface area (Å²) in [5.41, 5.74) is 0.255. The molecule has 3 amide bonds. The van der Waals surface area contributed by atoms with Gasteiger partial charge in [-0.15, -0.1) is 0 Å². The third kappa shape index (κ3) is 2.02. The maximum atomic E-state index is 11.8. The highest BCUT2D eigenvalue weighted by Gasteiger charge is 2.27. The van der Waals surface area contributed by atoms with E-state index in [-0.39, 0.29) is 18.7 Å². The van der Waals surface area contributed by atoms with Crippen molar-refractivity contribution >= 4 is 17.7 Å². The summed E-state index contributed by atoms with van der Waals surface area (Å²) in [7, 11) is 0. The summed E-state index contributed by atoms with van der Waals surface area (Å²) in [4.78, 5) is 42.5. The molecule has 0 atom stereocenters. The summed E-state index contributed by atoms with van der Waals surface area (Å²) in [6.07, 6.45) is 3.98. The molecule has 7 heteroatoms. The van der Waals surface area contributed by atoms with Gasteiger partial charge in [-0.25, -0.2) is 9.97 Å². The first-order valence-corrected chi connectivity index (χ1v) is 4.54. The van der Waals surface area contributed by atoms with E-state index in [4.69, 9.17) is 0 Å². The predicted molar refractivity (Wildman–Crippen MR) is 51.1 cm³/mol. The van der Waals surface area contributed by atoms with Gasteiger partial charge in [-0.05, 0) is 0 Å².